The molecule has 1 amide bonds. The first-order valence-electron chi connectivity index (χ1n) is 8.11. The SMILES string of the molecule is CCc1cccc(C)c1NC(=O)c1ccnc(NCCCOC)n1. The van der Waals surface area contributed by atoms with Gasteiger partial charge in [0.1, 0.15) is 5.69 Å². The number of nitrogens with zero attached hydrogens (tertiary/aromatic N) is 2. The molecule has 0 aliphatic heterocycles. The molecule has 0 saturated heterocycles. The summed E-state index contributed by atoms with van der Waals surface area (Å²) in [4.78, 5) is 20.9. The van der Waals surface area contributed by atoms with Crippen LogP contribution in [0.3, 0.4) is 0 Å². The number of carbonyl (C=O) groups is 1. The topological polar surface area (TPSA) is 76.1 Å². The Kier molecular flexibility index (Phi) is 6.69. The van der Waals surface area contributed by atoms with E-state index in [1.165, 1.54) is 0 Å². The van der Waals surface area contributed by atoms with Crippen LogP contribution < -0.4 is 10.6 Å². The highest BCUT2D eigenvalue weighted by molar-refractivity contribution is 6.03. The normalized spacial score (nSPS) is 10.5. The van der Waals surface area contributed by atoms with Gasteiger partial charge in [0.15, 0.2) is 0 Å². The van der Waals surface area contributed by atoms with E-state index in [4.69, 9.17) is 4.74 Å². The number of aromatic nitrogens is 2. The number of anilines is 2. The summed E-state index contributed by atoms with van der Waals surface area (Å²) in [5.41, 5.74) is 3.34. The Morgan fingerprint density at radius 1 is 1.29 bits per heavy atom. The molecule has 24 heavy (non-hydrogen) atoms. The minimum Gasteiger partial charge on any atom is -0.385 e. The fourth-order valence-electron chi connectivity index (χ4n) is 2.37. The van der Waals surface area contributed by atoms with Crippen LogP contribution in [-0.2, 0) is 11.2 Å². The summed E-state index contributed by atoms with van der Waals surface area (Å²) in [7, 11) is 1.66. The monoisotopic (exact) mass is 328 g/mol. The molecule has 0 spiro atoms. The maximum absolute atomic E-state index is 12.5. The number of hydrogen-bond donors (Lipinski definition) is 2. The van der Waals surface area contributed by atoms with E-state index in [-0.39, 0.29) is 5.91 Å². The smallest absolute Gasteiger partial charge is 0.274 e. The van der Waals surface area contributed by atoms with Crippen molar-refractivity contribution in [3.05, 3.63) is 47.3 Å². The van der Waals surface area contributed by atoms with Crippen LogP contribution in [0, 0.1) is 6.92 Å². The van der Waals surface area contributed by atoms with Crippen molar-refractivity contribution >= 4 is 17.5 Å². The summed E-state index contributed by atoms with van der Waals surface area (Å²) in [6.07, 6.45) is 3.28. The first kappa shape index (κ1) is 17.9. The molecular formula is C18H24N4O2. The van der Waals surface area contributed by atoms with Crippen LogP contribution in [0.25, 0.3) is 0 Å². The molecule has 0 aliphatic carbocycles. The Hall–Kier alpha value is -2.47. The van der Waals surface area contributed by atoms with Gasteiger partial charge >= 0.3 is 0 Å². The van der Waals surface area contributed by atoms with Gasteiger partial charge in [-0.25, -0.2) is 9.97 Å². The second-order valence-corrected chi connectivity index (χ2v) is 5.46. The lowest BCUT2D eigenvalue weighted by atomic mass is 10.1. The highest BCUT2D eigenvalue weighted by atomic mass is 16.5. The number of hydrogen-bond acceptors (Lipinski definition) is 5. The lowest BCUT2D eigenvalue weighted by Gasteiger charge is -2.13. The zero-order chi connectivity index (χ0) is 17.4. The van der Waals surface area contributed by atoms with Crippen LogP contribution >= 0.6 is 0 Å². The van der Waals surface area contributed by atoms with Crippen molar-refractivity contribution in [2.45, 2.75) is 26.7 Å². The Morgan fingerprint density at radius 2 is 2.12 bits per heavy atom. The molecule has 2 rings (SSSR count). The van der Waals surface area contributed by atoms with E-state index in [0.29, 0.717) is 24.8 Å². The van der Waals surface area contributed by atoms with E-state index in [2.05, 4.69) is 27.5 Å². The van der Waals surface area contributed by atoms with E-state index in [1.54, 1.807) is 19.4 Å². The molecule has 0 atom stereocenters. The van der Waals surface area contributed by atoms with E-state index in [1.807, 2.05) is 25.1 Å². The molecule has 0 aliphatic rings. The highest BCUT2D eigenvalue weighted by Crippen LogP contribution is 2.21. The summed E-state index contributed by atoms with van der Waals surface area (Å²) >= 11 is 0. The van der Waals surface area contributed by atoms with E-state index in [9.17, 15) is 4.79 Å². The summed E-state index contributed by atoms with van der Waals surface area (Å²) in [6, 6.07) is 7.61. The Morgan fingerprint density at radius 3 is 2.88 bits per heavy atom. The Balaban J connectivity index is 2.08. The van der Waals surface area contributed by atoms with Gasteiger partial charge in [0.25, 0.3) is 5.91 Å². The van der Waals surface area contributed by atoms with Gasteiger partial charge in [0.05, 0.1) is 0 Å². The molecule has 0 bridgehead atoms. The maximum atomic E-state index is 12.5. The van der Waals surface area contributed by atoms with Crippen molar-refractivity contribution in [3.63, 3.8) is 0 Å². The number of rotatable bonds is 8. The average molecular weight is 328 g/mol. The molecule has 2 N–H and O–H groups in total. The average Bonchev–Trinajstić information content (AvgIpc) is 2.60. The minimum atomic E-state index is -0.235. The van der Waals surface area contributed by atoms with Crippen LogP contribution in [0.1, 0.15) is 35.0 Å². The van der Waals surface area contributed by atoms with Crippen molar-refractivity contribution in [2.24, 2.45) is 0 Å². The number of methoxy groups -OCH3 is 1. The fraction of sp³-hybridized carbons (Fsp3) is 0.389. The van der Waals surface area contributed by atoms with E-state index >= 15 is 0 Å². The molecule has 128 valence electrons. The number of aryl methyl sites for hydroxylation is 2. The van der Waals surface area contributed by atoms with Crippen molar-refractivity contribution in [1.29, 1.82) is 0 Å². The van der Waals surface area contributed by atoms with Gasteiger partial charge in [-0.15, -0.1) is 0 Å². The van der Waals surface area contributed by atoms with Gasteiger partial charge in [0.2, 0.25) is 5.95 Å². The fourth-order valence-corrected chi connectivity index (χ4v) is 2.37. The zero-order valence-corrected chi connectivity index (χ0v) is 14.4. The third-order valence-electron chi connectivity index (χ3n) is 3.68. The van der Waals surface area contributed by atoms with Gasteiger partial charge in [-0.2, -0.15) is 0 Å². The van der Waals surface area contributed by atoms with Gasteiger partial charge in [-0.3, -0.25) is 4.79 Å². The van der Waals surface area contributed by atoms with Crippen LogP contribution in [0.5, 0.6) is 0 Å². The number of benzene rings is 1. The van der Waals surface area contributed by atoms with Crippen molar-refractivity contribution in [1.82, 2.24) is 9.97 Å². The van der Waals surface area contributed by atoms with Gasteiger partial charge in [-0.1, -0.05) is 25.1 Å². The third kappa shape index (κ3) is 4.76. The lowest BCUT2D eigenvalue weighted by molar-refractivity contribution is 0.102. The first-order valence-corrected chi connectivity index (χ1v) is 8.11. The highest BCUT2D eigenvalue weighted by Gasteiger charge is 2.12. The molecule has 0 unspecified atom stereocenters. The maximum Gasteiger partial charge on any atom is 0.274 e. The van der Waals surface area contributed by atoms with E-state index in [0.717, 1.165) is 29.7 Å². The second-order valence-electron chi connectivity index (χ2n) is 5.46. The van der Waals surface area contributed by atoms with Gasteiger partial charge in [0, 0.05) is 32.1 Å². The van der Waals surface area contributed by atoms with Crippen LogP contribution in [0.15, 0.2) is 30.5 Å². The summed E-state index contributed by atoms with van der Waals surface area (Å²) in [6.45, 7) is 5.41. The largest absolute Gasteiger partial charge is 0.385 e. The number of ether oxygens (including phenoxy) is 1. The molecule has 1 heterocycles. The second kappa shape index (κ2) is 8.98. The summed E-state index contributed by atoms with van der Waals surface area (Å²) < 4.78 is 5.00. The molecular weight excluding hydrogens is 304 g/mol. The Bertz CT molecular complexity index is 688. The predicted molar refractivity (Wildman–Crippen MR) is 95.5 cm³/mol. The number of amides is 1. The first-order chi connectivity index (χ1) is 11.7. The van der Waals surface area contributed by atoms with Crippen molar-refractivity contribution < 1.29 is 9.53 Å². The van der Waals surface area contributed by atoms with Crippen molar-refractivity contribution in [2.75, 3.05) is 30.9 Å². The Labute approximate surface area is 142 Å². The zero-order valence-electron chi connectivity index (χ0n) is 14.4. The molecule has 6 heteroatoms. The molecule has 1 aromatic heterocycles. The minimum absolute atomic E-state index is 0.235. The van der Waals surface area contributed by atoms with Crippen LogP contribution in [-0.4, -0.2) is 36.1 Å². The molecule has 6 nitrogen and oxygen atoms in total. The number of para-hydroxylation sites is 1. The molecule has 0 fully saturated rings. The van der Waals surface area contributed by atoms with E-state index < -0.39 is 0 Å². The van der Waals surface area contributed by atoms with Gasteiger partial charge in [-0.05, 0) is 37.0 Å². The predicted octanol–water partition coefficient (Wildman–Crippen LogP) is 3.05. The van der Waals surface area contributed by atoms with Crippen LogP contribution in [0.2, 0.25) is 0 Å². The lowest BCUT2D eigenvalue weighted by Crippen LogP contribution is -2.17. The number of nitrogens with one attached hydrogen (secondary N) is 2. The molecule has 2 aromatic rings. The molecule has 1 aromatic carbocycles. The quantitative estimate of drug-likeness (QED) is 0.728. The van der Waals surface area contributed by atoms with Crippen molar-refractivity contribution in [3.8, 4) is 0 Å². The van der Waals surface area contributed by atoms with Gasteiger partial charge < -0.3 is 15.4 Å². The summed E-state index contributed by atoms with van der Waals surface area (Å²) in [5, 5.41) is 6.06. The molecule has 0 radical (unpaired) electrons. The summed E-state index contributed by atoms with van der Waals surface area (Å²) in [5.74, 6) is 0.209. The molecule has 0 saturated carbocycles. The third-order valence-corrected chi connectivity index (χ3v) is 3.68. The standard InChI is InChI=1S/C18H24N4O2/c1-4-14-8-5-7-13(2)16(14)22-17(23)15-9-11-20-18(21-15)19-10-6-12-24-3/h5,7-9,11H,4,6,10,12H2,1-3H3,(H,22,23)(H,19,20,21). The van der Waals surface area contributed by atoms with Crippen LogP contribution in [0.4, 0.5) is 11.6 Å². The number of carbonyl (C=O) groups excluding carboxylic acids is 1.